The lowest BCUT2D eigenvalue weighted by atomic mass is 9.78. The maximum atomic E-state index is 6.48. The zero-order chi connectivity index (χ0) is 14.5. The molecule has 1 aromatic heterocycles. The third kappa shape index (κ3) is 3.73. The quantitative estimate of drug-likeness (QED) is 0.791. The van der Waals surface area contributed by atoms with Gasteiger partial charge in [-0.2, -0.15) is 5.10 Å². The van der Waals surface area contributed by atoms with Crippen molar-refractivity contribution in [2.75, 3.05) is 13.1 Å². The first kappa shape index (κ1) is 16.5. The molecule has 0 atom stereocenters. The molecular formula is C15H28ClN3. The van der Waals surface area contributed by atoms with Crippen LogP contribution in [0.2, 0.25) is 5.02 Å². The van der Waals surface area contributed by atoms with Gasteiger partial charge in [-0.3, -0.25) is 4.68 Å². The Bertz CT molecular complexity index is 394. The topological polar surface area (TPSA) is 29.9 Å². The molecule has 1 heterocycles. The van der Waals surface area contributed by atoms with E-state index in [1.54, 1.807) is 0 Å². The van der Waals surface area contributed by atoms with Gasteiger partial charge in [-0.25, -0.2) is 0 Å². The molecule has 0 aliphatic carbocycles. The highest BCUT2D eigenvalue weighted by Gasteiger charge is 2.29. The first-order valence-corrected chi connectivity index (χ1v) is 7.82. The fourth-order valence-electron chi connectivity index (χ4n) is 2.57. The van der Waals surface area contributed by atoms with Crippen LogP contribution >= 0.6 is 11.6 Å². The van der Waals surface area contributed by atoms with Crippen LogP contribution in [0.3, 0.4) is 0 Å². The summed E-state index contributed by atoms with van der Waals surface area (Å²) in [4.78, 5) is 0. The van der Waals surface area contributed by atoms with Crippen LogP contribution in [-0.2, 0) is 19.9 Å². The molecule has 1 rings (SSSR count). The highest BCUT2D eigenvalue weighted by molar-refractivity contribution is 6.31. The first-order chi connectivity index (χ1) is 9.03. The van der Waals surface area contributed by atoms with Crippen LogP contribution in [0.25, 0.3) is 0 Å². The Morgan fingerprint density at radius 1 is 1.21 bits per heavy atom. The number of hydrogen-bond acceptors (Lipinski definition) is 2. The fourth-order valence-corrected chi connectivity index (χ4v) is 2.93. The molecule has 0 radical (unpaired) electrons. The van der Waals surface area contributed by atoms with Crippen LogP contribution in [0.1, 0.15) is 51.9 Å². The van der Waals surface area contributed by atoms with E-state index < -0.39 is 0 Å². The molecule has 0 amide bonds. The van der Waals surface area contributed by atoms with Crippen LogP contribution in [0.4, 0.5) is 0 Å². The van der Waals surface area contributed by atoms with Gasteiger partial charge in [-0.1, -0.05) is 39.3 Å². The molecule has 0 aliphatic rings. The average Bonchev–Trinajstić information content (AvgIpc) is 2.70. The molecule has 1 aromatic rings. The number of rotatable bonds is 8. The van der Waals surface area contributed by atoms with Crippen molar-refractivity contribution in [1.82, 2.24) is 15.1 Å². The number of hydrogen-bond donors (Lipinski definition) is 1. The van der Waals surface area contributed by atoms with Crippen molar-refractivity contribution in [2.45, 2.75) is 53.4 Å². The molecule has 3 nitrogen and oxygen atoms in total. The van der Waals surface area contributed by atoms with E-state index >= 15 is 0 Å². The van der Waals surface area contributed by atoms with Crippen molar-refractivity contribution in [3.8, 4) is 0 Å². The van der Waals surface area contributed by atoms with Gasteiger partial charge in [-0.05, 0) is 37.6 Å². The predicted octanol–water partition coefficient (Wildman–Crippen LogP) is 3.59. The van der Waals surface area contributed by atoms with Gasteiger partial charge < -0.3 is 5.32 Å². The second kappa shape index (κ2) is 7.30. The van der Waals surface area contributed by atoms with Gasteiger partial charge in [0.05, 0.1) is 16.4 Å². The summed E-state index contributed by atoms with van der Waals surface area (Å²) in [6, 6.07) is 0. The molecule has 0 aliphatic heterocycles. The standard InChI is InChI=1S/C15H28ClN3/c1-6-12-14(16)13(19(5)18-12)10-15(7-2,8-3)11-17-9-4/h17H,6-11H2,1-5H3. The van der Waals surface area contributed by atoms with Crippen LogP contribution in [0, 0.1) is 5.41 Å². The number of nitrogens with zero attached hydrogens (tertiary/aromatic N) is 2. The van der Waals surface area contributed by atoms with Crippen molar-refractivity contribution in [2.24, 2.45) is 12.5 Å². The van der Waals surface area contributed by atoms with Gasteiger partial charge >= 0.3 is 0 Å². The van der Waals surface area contributed by atoms with Gasteiger partial charge in [0.25, 0.3) is 0 Å². The van der Waals surface area contributed by atoms with Gasteiger partial charge in [0.1, 0.15) is 0 Å². The molecule has 0 fully saturated rings. The largest absolute Gasteiger partial charge is 0.316 e. The molecule has 0 aromatic carbocycles. The molecule has 0 bridgehead atoms. The smallest absolute Gasteiger partial charge is 0.0849 e. The molecule has 1 N–H and O–H groups in total. The summed E-state index contributed by atoms with van der Waals surface area (Å²) in [6.07, 6.45) is 4.19. The highest BCUT2D eigenvalue weighted by atomic mass is 35.5. The Hall–Kier alpha value is -0.540. The molecule has 0 saturated carbocycles. The van der Waals surface area contributed by atoms with E-state index in [1.807, 2.05) is 11.7 Å². The zero-order valence-electron chi connectivity index (χ0n) is 13.0. The van der Waals surface area contributed by atoms with E-state index in [-0.39, 0.29) is 5.41 Å². The molecule has 0 spiro atoms. The van der Waals surface area contributed by atoms with Gasteiger partial charge in [0.15, 0.2) is 0 Å². The number of halogens is 1. The number of aryl methyl sites for hydroxylation is 2. The lowest BCUT2D eigenvalue weighted by Gasteiger charge is -2.32. The van der Waals surface area contributed by atoms with Gasteiger partial charge in [-0.15, -0.1) is 0 Å². The lowest BCUT2D eigenvalue weighted by Crippen LogP contribution is -2.36. The second-order valence-electron chi connectivity index (χ2n) is 5.35. The minimum atomic E-state index is 0.276. The van der Waals surface area contributed by atoms with Crippen LogP contribution in [0.15, 0.2) is 0 Å². The lowest BCUT2D eigenvalue weighted by molar-refractivity contribution is 0.243. The fraction of sp³-hybridized carbons (Fsp3) is 0.800. The summed E-state index contributed by atoms with van der Waals surface area (Å²) >= 11 is 6.48. The number of nitrogens with one attached hydrogen (secondary N) is 1. The zero-order valence-corrected chi connectivity index (χ0v) is 13.8. The van der Waals surface area contributed by atoms with E-state index in [1.165, 1.54) is 5.69 Å². The van der Waals surface area contributed by atoms with E-state index in [4.69, 9.17) is 11.6 Å². The van der Waals surface area contributed by atoms with Crippen LogP contribution < -0.4 is 5.32 Å². The third-order valence-electron chi connectivity index (χ3n) is 4.30. The van der Waals surface area contributed by atoms with Gasteiger partial charge in [0, 0.05) is 13.6 Å². The maximum Gasteiger partial charge on any atom is 0.0849 e. The Morgan fingerprint density at radius 2 is 1.84 bits per heavy atom. The maximum absolute atomic E-state index is 6.48. The molecular weight excluding hydrogens is 258 g/mol. The average molecular weight is 286 g/mol. The second-order valence-corrected chi connectivity index (χ2v) is 5.73. The normalized spacial score (nSPS) is 12.1. The van der Waals surface area contributed by atoms with E-state index in [2.05, 4.69) is 38.1 Å². The summed E-state index contributed by atoms with van der Waals surface area (Å²) in [7, 11) is 2.00. The van der Waals surface area contributed by atoms with Crippen molar-refractivity contribution in [3.05, 3.63) is 16.4 Å². The Morgan fingerprint density at radius 3 is 2.26 bits per heavy atom. The monoisotopic (exact) mass is 285 g/mol. The highest BCUT2D eigenvalue weighted by Crippen LogP contribution is 2.33. The minimum absolute atomic E-state index is 0.276. The first-order valence-electron chi connectivity index (χ1n) is 7.44. The summed E-state index contributed by atoms with van der Waals surface area (Å²) in [6.45, 7) is 10.9. The molecule has 4 heteroatoms. The summed E-state index contributed by atoms with van der Waals surface area (Å²) < 4.78 is 1.97. The Kier molecular flexibility index (Phi) is 6.34. The predicted molar refractivity (Wildman–Crippen MR) is 82.9 cm³/mol. The van der Waals surface area contributed by atoms with Gasteiger partial charge in [0.2, 0.25) is 0 Å². The third-order valence-corrected chi connectivity index (χ3v) is 4.73. The van der Waals surface area contributed by atoms with Crippen molar-refractivity contribution >= 4 is 11.6 Å². The van der Waals surface area contributed by atoms with E-state index in [9.17, 15) is 0 Å². The van der Waals surface area contributed by atoms with Crippen LogP contribution in [-0.4, -0.2) is 22.9 Å². The summed E-state index contributed by atoms with van der Waals surface area (Å²) in [5, 5.41) is 8.89. The Labute approximate surface area is 122 Å². The molecule has 110 valence electrons. The summed E-state index contributed by atoms with van der Waals surface area (Å²) in [5.74, 6) is 0. The SMILES string of the molecule is CCNCC(CC)(CC)Cc1c(Cl)c(CC)nn1C. The van der Waals surface area contributed by atoms with Crippen LogP contribution in [0.5, 0.6) is 0 Å². The molecule has 0 saturated heterocycles. The molecule has 0 unspecified atom stereocenters. The summed E-state index contributed by atoms with van der Waals surface area (Å²) in [5.41, 5.74) is 2.47. The van der Waals surface area contributed by atoms with Crippen molar-refractivity contribution in [3.63, 3.8) is 0 Å². The minimum Gasteiger partial charge on any atom is -0.316 e. The Balaban J connectivity index is 2.99. The number of aromatic nitrogens is 2. The van der Waals surface area contributed by atoms with E-state index in [0.29, 0.717) is 0 Å². The van der Waals surface area contributed by atoms with Crippen molar-refractivity contribution in [1.29, 1.82) is 0 Å². The van der Waals surface area contributed by atoms with Crippen molar-refractivity contribution < 1.29 is 0 Å². The van der Waals surface area contributed by atoms with E-state index in [0.717, 1.165) is 49.5 Å². The molecule has 19 heavy (non-hydrogen) atoms.